The second kappa shape index (κ2) is 7.69. The lowest BCUT2D eigenvalue weighted by Crippen LogP contribution is -2.25. The Bertz CT molecular complexity index is 999. The zero-order chi connectivity index (χ0) is 19.4. The molecule has 0 saturated carbocycles. The SMILES string of the molecule is C=CC(=C)N/C(=N\c1nccc(OC)n1)c1c(C)c(-c2ccn[nH]2)cn1C. The molecule has 3 rings (SSSR count). The second-order valence-electron chi connectivity index (χ2n) is 5.81. The number of methoxy groups -OCH3 is 1. The molecule has 0 fully saturated rings. The molecule has 0 saturated heterocycles. The average Bonchev–Trinajstić information content (AvgIpc) is 3.29. The maximum absolute atomic E-state index is 5.15. The summed E-state index contributed by atoms with van der Waals surface area (Å²) in [4.78, 5) is 13.1. The third-order valence-corrected chi connectivity index (χ3v) is 4.01. The molecular weight excluding hydrogens is 342 g/mol. The van der Waals surface area contributed by atoms with Crippen molar-refractivity contribution in [3.8, 4) is 17.1 Å². The van der Waals surface area contributed by atoms with Gasteiger partial charge < -0.3 is 14.6 Å². The molecule has 0 atom stereocenters. The number of amidine groups is 1. The van der Waals surface area contributed by atoms with Crippen LogP contribution in [-0.2, 0) is 7.05 Å². The van der Waals surface area contributed by atoms with Crippen LogP contribution in [0.2, 0.25) is 0 Å². The zero-order valence-electron chi connectivity index (χ0n) is 15.5. The summed E-state index contributed by atoms with van der Waals surface area (Å²) in [5, 5.41) is 10.2. The van der Waals surface area contributed by atoms with Gasteiger partial charge in [-0.15, -0.1) is 0 Å². The molecule has 2 N–H and O–H groups in total. The number of hydrogen-bond acceptors (Lipinski definition) is 5. The molecule has 138 valence electrons. The molecule has 0 aromatic carbocycles. The van der Waals surface area contributed by atoms with E-state index in [2.05, 4.69) is 43.6 Å². The van der Waals surface area contributed by atoms with Gasteiger partial charge in [0.25, 0.3) is 5.95 Å². The highest BCUT2D eigenvalue weighted by Gasteiger charge is 2.18. The second-order valence-corrected chi connectivity index (χ2v) is 5.81. The number of ether oxygens (including phenoxy) is 1. The molecule has 3 aromatic rings. The van der Waals surface area contributed by atoms with Crippen molar-refractivity contribution in [3.63, 3.8) is 0 Å². The van der Waals surface area contributed by atoms with Crippen LogP contribution in [-0.4, -0.2) is 37.7 Å². The Labute approximate surface area is 157 Å². The topological polar surface area (TPSA) is 93.0 Å². The summed E-state index contributed by atoms with van der Waals surface area (Å²) in [6.07, 6.45) is 6.95. The van der Waals surface area contributed by atoms with Crippen molar-refractivity contribution in [1.29, 1.82) is 0 Å². The Balaban J connectivity index is 2.12. The smallest absolute Gasteiger partial charge is 0.254 e. The molecule has 0 aliphatic carbocycles. The summed E-state index contributed by atoms with van der Waals surface area (Å²) in [5.74, 6) is 1.27. The van der Waals surface area contributed by atoms with Crippen LogP contribution in [0.5, 0.6) is 5.88 Å². The fourth-order valence-corrected chi connectivity index (χ4v) is 2.71. The largest absolute Gasteiger partial charge is 0.481 e. The molecule has 0 spiro atoms. The summed E-state index contributed by atoms with van der Waals surface area (Å²) >= 11 is 0. The first kappa shape index (κ1) is 18.1. The third kappa shape index (κ3) is 3.79. The van der Waals surface area contributed by atoms with E-state index in [0.29, 0.717) is 17.4 Å². The molecule has 0 bridgehead atoms. The fraction of sp³-hybridized carbons (Fsp3) is 0.158. The number of nitrogens with zero attached hydrogens (tertiary/aromatic N) is 5. The number of aryl methyl sites for hydroxylation is 1. The monoisotopic (exact) mass is 363 g/mol. The van der Waals surface area contributed by atoms with Crippen LogP contribution in [0.25, 0.3) is 11.3 Å². The normalized spacial score (nSPS) is 11.3. The van der Waals surface area contributed by atoms with Crippen molar-refractivity contribution < 1.29 is 4.74 Å². The highest BCUT2D eigenvalue weighted by atomic mass is 16.5. The maximum atomic E-state index is 5.15. The van der Waals surface area contributed by atoms with Gasteiger partial charge in [-0.25, -0.2) is 4.98 Å². The van der Waals surface area contributed by atoms with Crippen molar-refractivity contribution in [3.05, 3.63) is 66.9 Å². The van der Waals surface area contributed by atoms with E-state index >= 15 is 0 Å². The summed E-state index contributed by atoms with van der Waals surface area (Å²) in [5.41, 5.74) is 4.45. The van der Waals surface area contributed by atoms with Crippen LogP contribution in [0.1, 0.15) is 11.3 Å². The molecule has 8 heteroatoms. The molecular formula is C19H21N7O. The van der Waals surface area contributed by atoms with Crippen molar-refractivity contribution in [2.24, 2.45) is 12.0 Å². The van der Waals surface area contributed by atoms with Gasteiger partial charge in [-0.1, -0.05) is 13.2 Å². The summed E-state index contributed by atoms with van der Waals surface area (Å²) in [7, 11) is 3.50. The van der Waals surface area contributed by atoms with E-state index in [1.165, 1.54) is 0 Å². The standard InChI is InChI=1S/C19H21N7O/c1-6-12(2)22-18(24-19-20-9-8-16(23-19)27-5)17-13(3)14(11-26(17)4)15-7-10-21-25-15/h6-11H,1-2H2,3-5H3,(H,21,25)(H,20,22,23,24). The van der Waals surface area contributed by atoms with E-state index in [4.69, 9.17) is 4.74 Å². The van der Waals surface area contributed by atoms with Gasteiger partial charge in [-0.3, -0.25) is 5.10 Å². The molecule has 27 heavy (non-hydrogen) atoms. The van der Waals surface area contributed by atoms with Gasteiger partial charge in [0.15, 0.2) is 5.84 Å². The fourth-order valence-electron chi connectivity index (χ4n) is 2.71. The van der Waals surface area contributed by atoms with E-state index in [9.17, 15) is 0 Å². The van der Waals surface area contributed by atoms with Gasteiger partial charge in [0, 0.05) is 43.0 Å². The lowest BCUT2D eigenvalue weighted by atomic mass is 10.1. The minimum atomic E-state index is 0.275. The predicted octanol–water partition coefficient (Wildman–Crippen LogP) is 2.89. The number of rotatable bonds is 6. The summed E-state index contributed by atoms with van der Waals surface area (Å²) < 4.78 is 7.13. The highest BCUT2D eigenvalue weighted by molar-refractivity contribution is 6.02. The zero-order valence-corrected chi connectivity index (χ0v) is 15.5. The first-order valence-corrected chi connectivity index (χ1v) is 8.23. The molecule has 0 aliphatic heterocycles. The van der Waals surface area contributed by atoms with Crippen LogP contribution < -0.4 is 10.1 Å². The quantitative estimate of drug-likeness (QED) is 0.399. The number of hydrogen-bond donors (Lipinski definition) is 2. The van der Waals surface area contributed by atoms with E-state index in [1.807, 2.05) is 30.8 Å². The number of aromatic nitrogens is 5. The average molecular weight is 363 g/mol. The number of aromatic amines is 1. The van der Waals surface area contributed by atoms with Gasteiger partial charge >= 0.3 is 0 Å². The van der Waals surface area contributed by atoms with Gasteiger partial charge in [0.05, 0.1) is 18.5 Å². The third-order valence-electron chi connectivity index (χ3n) is 4.01. The van der Waals surface area contributed by atoms with E-state index in [-0.39, 0.29) is 5.95 Å². The van der Waals surface area contributed by atoms with E-state index in [0.717, 1.165) is 22.5 Å². The number of nitrogens with one attached hydrogen (secondary N) is 2. The molecule has 0 aliphatic rings. The van der Waals surface area contributed by atoms with Gasteiger partial charge in [0.2, 0.25) is 5.88 Å². The maximum Gasteiger partial charge on any atom is 0.254 e. The number of aliphatic imine (C=N–C) groups is 1. The first-order chi connectivity index (χ1) is 13.0. The highest BCUT2D eigenvalue weighted by Crippen LogP contribution is 2.26. The first-order valence-electron chi connectivity index (χ1n) is 8.23. The minimum Gasteiger partial charge on any atom is -0.481 e. The molecule has 0 radical (unpaired) electrons. The van der Waals surface area contributed by atoms with Crippen LogP contribution in [0.3, 0.4) is 0 Å². The van der Waals surface area contributed by atoms with E-state index < -0.39 is 0 Å². The molecule has 0 unspecified atom stereocenters. The summed E-state index contributed by atoms with van der Waals surface area (Å²) in [6.45, 7) is 9.69. The Kier molecular flexibility index (Phi) is 5.16. The number of H-pyrrole nitrogens is 1. The van der Waals surface area contributed by atoms with Gasteiger partial charge in [-0.2, -0.15) is 15.1 Å². The lowest BCUT2D eigenvalue weighted by molar-refractivity contribution is 0.397. The van der Waals surface area contributed by atoms with Crippen LogP contribution in [0.15, 0.2) is 60.6 Å². The Morgan fingerprint density at radius 2 is 2.19 bits per heavy atom. The Hall–Kier alpha value is -3.68. The molecule has 3 heterocycles. The Morgan fingerprint density at radius 1 is 1.37 bits per heavy atom. The van der Waals surface area contributed by atoms with Crippen LogP contribution in [0, 0.1) is 6.92 Å². The van der Waals surface area contributed by atoms with Crippen molar-refractivity contribution >= 4 is 11.8 Å². The van der Waals surface area contributed by atoms with Gasteiger partial charge in [0.1, 0.15) is 0 Å². The molecule has 3 aromatic heterocycles. The van der Waals surface area contributed by atoms with Crippen molar-refractivity contribution in [2.45, 2.75) is 6.92 Å². The van der Waals surface area contributed by atoms with Gasteiger partial charge in [-0.05, 0) is 24.6 Å². The van der Waals surface area contributed by atoms with Crippen LogP contribution in [0.4, 0.5) is 5.95 Å². The lowest BCUT2D eigenvalue weighted by Gasteiger charge is -2.12. The van der Waals surface area contributed by atoms with Crippen molar-refractivity contribution in [1.82, 2.24) is 30.0 Å². The number of allylic oxidation sites excluding steroid dienone is 1. The Morgan fingerprint density at radius 3 is 2.85 bits per heavy atom. The minimum absolute atomic E-state index is 0.275. The molecule has 0 amide bonds. The predicted molar refractivity (Wildman–Crippen MR) is 105 cm³/mol. The summed E-state index contributed by atoms with van der Waals surface area (Å²) in [6, 6.07) is 3.59. The molecule has 8 nitrogen and oxygen atoms in total. The van der Waals surface area contributed by atoms with Crippen molar-refractivity contribution in [2.75, 3.05) is 7.11 Å². The van der Waals surface area contributed by atoms with Crippen LogP contribution >= 0.6 is 0 Å². The van der Waals surface area contributed by atoms with E-state index in [1.54, 1.807) is 31.6 Å².